The summed E-state index contributed by atoms with van der Waals surface area (Å²) in [5.41, 5.74) is -0.712. The van der Waals surface area contributed by atoms with Crippen LogP contribution in [0.15, 0.2) is 0 Å². The number of nitrogens with one attached hydrogen (secondary N) is 1. The van der Waals surface area contributed by atoms with E-state index in [-0.39, 0.29) is 11.9 Å². The maximum absolute atomic E-state index is 12.1. The van der Waals surface area contributed by atoms with Crippen LogP contribution in [-0.2, 0) is 10.0 Å². The predicted molar refractivity (Wildman–Crippen MR) is 64.7 cm³/mol. The summed E-state index contributed by atoms with van der Waals surface area (Å²) in [4.78, 5) is 0. The molecular formula is C11H23NO3S. The Morgan fingerprint density at radius 3 is 2.31 bits per heavy atom. The summed E-state index contributed by atoms with van der Waals surface area (Å²) < 4.78 is 26.9. The summed E-state index contributed by atoms with van der Waals surface area (Å²) in [6.45, 7) is 3.46. The molecule has 0 heterocycles. The Bertz CT molecular complexity index is 303. The van der Waals surface area contributed by atoms with Gasteiger partial charge in [0.2, 0.25) is 10.0 Å². The van der Waals surface area contributed by atoms with Crippen molar-refractivity contribution in [1.29, 1.82) is 0 Å². The fourth-order valence-corrected chi connectivity index (χ4v) is 4.03. The van der Waals surface area contributed by atoms with E-state index < -0.39 is 15.6 Å². The molecule has 1 aliphatic rings. The molecule has 2 N–H and O–H groups in total. The molecule has 0 amide bonds. The van der Waals surface area contributed by atoms with Crippen LogP contribution >= 0.6 is 0 Å². The zero-order valence-corrected chi connectivity index (χ0v) is 11.0. The topological polar surface area (TPSA) is 66.4 Å². The molecule has 0 bridgehead atoms. The van der Waals surface area contributed by atoms with Gasteiger partial charge in [-0.2, -0.15) is 0 Å². The zero-order chi connectivity index (χ0) is 12.2. The standard InChI is InChI=1S/C11H23NO3S/c1-3-11(2,9-13)12-16(14,15)10-7-5-4-6-8-10/h10,12-13H,3-9H2,1-2H3. The van der Waals surface area contributed by atoms with Crippen molar-refractivity contribution < 1.29 is 13.5 Å². The van der Waals surface area contributed by atoms with Crippen molar-refractivity contribution in [2.45, 2.75) is 63.2 Å². The van der Waals surface area contributed by atoms with Gasteiger partial charge in [0.1, 0.15) is 0 Å². The molecule has 1 rings (SSSR count). The molecule has 1 unspecified atom stereocenters. The fourth-order valence-electron chi connectivity index (χ4n) is 2.02. The van der Waals surface area contributed by atoms with Crippen molar-refractivity contribution in [3.05, 3.63) is 0 Å². The lowest BCUT2D eigenvalue weighted by atomic mass is 10.0. The average Bonchev–Trinajstić information content (AvgIpc) is 2.29. The minimum Gasteiger partial charge on any atom is -0.394 e. The summed E-state index contributed by atoms with van der Waals surface area (Å²) in [6.07, 6.45) is 5.22. The molecule has 0 saturated heterocycles. The highest BCUT2D eigenvalue weighted by molar-refractivity contribution is 7.90. The van der Waals surface area contributed by atoms with E-state index in [1.807, 2.05) is 6.92 Å². The van der Waals surface area contributed by atoms with E-state index in [2.05, 4.69) is 4.72 Å². The van der Waals surface area contributed by atoms with Gasteiger partial charge in [0.25, 0.3) is 0 Å². The first kappa shape index (κ1) is 13.9. The lowest BCUT2D eigenvalue weighted by Crippen LogP contribution is -2.51. The largest absolute Gasteiger partial charge is 0.394 e. The van der Waals surface area contributed by atoms with Gasteiger partial charge in [-0.25, -0.2) is 13.1 Å². The molecule has 16 heavy (non-hydrogen) atoms. The normalized spacial score (nSPS) is 22.9. The van der Waals surface area contributed by atoms with Crippen molar-refractivity contribution in [2.24, 2.45) is 0 Å². The molecule has 0 aromatic heterocycles. The first-order valence-corrected chi connectivity index (χ1v) is 7.62. The van der Waals surface area contributed by atoms with Gasteiger partial charge in [-0.15, -0.1) is 0 Å². The molecule has 0 aromatic rings. The van der Waals surface area contributed by atoms with Gasteiger partial charge >= 0.3 is 0 Å². The first-order chi connectivity index (χ1) is 7.43. The molecular weight excluding hydrogens is 226 g/mol. The number of rotatable bonds is 5. The molecule has 1 saturated carbocycles. The van der Waals surface area contributed by atoms with E-state index in [1.165, 1.54) is 0 Å². The SMILES string of the molecule is CCC(C)(CO)NS(=O)(=O)C1CCCCC1. The summed E-state index contributed by atoms with van der Waals surface area (Å²) in [5.74, 6) is 0. The van der Waals surface area contributed by atoms with Crippen LogP contribution in [0.4, 0.5) is 0 Å². The molecule has 96 valence electrons. The average molecular weight is 249 g/mol. The van der Waals surface area contributed by atoms with Crippen LogP contribution in [0.1, 0.15) is 52.4 Å². The molecule has 0 spiro atoms. The molecule has 1 fully saturated rings. The lowest BCUT2D eigenvalue weighted by Gasteiger charge is -2.31. The highest BCUT2D eigenvalue weighted by Gasteiger charge is 2.33. The fraction of sp³-hybridized carbons (Fsp3) is 1.00. The number of hydrogen-bond donors (Lipinski definition) is 2. The number of sulfonamides is 1. The van der Waals surface area contributed by atoms with Gasteiger partial charge in [0.15, 0.2) is 0 Å². The summed E-state index contributed by atoms with van der Waals surface area (Å²) in [5, 5.41) is 8.95. The van der Waals surface area contributed by atoms with Gasteiger partial charge in [-0.1, -0.05) is 26.2 Å². The Labute approximate surface area is 98.5 Å². The Morgan fingerprint density at radius 1 is 1.31 bits per heavy atom. The maximum atomic E-state index is 12.1. The quantitative estimate of drug-likeness (QED) is 0.774. The van der Waals surface area contributed by atoms with Gasteiger partial charge in [0, 0.05) is 0 Å². The van der Waals surface area contributed by atoms with Crippen molar-refractivity contribution in [1.82, 2.24) is 4.72 Å². The van der Waals surface area contributed by atoms with Crippen molar-refractivity contribution >= 4 is 10.0 Å². The third-order valence-corrected chi connectivity index (χ3v) is 5.64. The lowest BCUT2D eigenvalue weighted by molar-refractivity contribution is 0.190. The van der Waals surface area contributed by atoms with Gasteiger partial charge in [-0.05, 0) is 26.2 Å². The second kappa shape index (κ2) is 5.47. The monoisotopic (exact) mass is 249 g/mol. The molecule has 4 nitrogen and oxygen atoms in total. The van der Waals surface area contributed by atoms with Crippen molar-refractivity contribution in [2.75, 3.05) is 6.61 Å². The summed E-state index contributed by atoms with van der Waals surface area (Å²) in [6, 6.07) is 0. The van der Waals surface area contributed by atoms with Crippen LogP contribution in [0.3, 0.4) is 0 Å². The molecule has 1 atom stereocenters. The number of hydrogen-bond acceptors (Lipinski definition) is 3. The third-order valence-electron chi connectivity index (χ3n) is 3.51. The molecule has 0 radical (unpaired) electrons. The highest BCUT2D eigenvalue weighted by Crippen LogP contribution is 2.24. The Kier molecular flexibility index (Phi) is 4.76. The highest BCUT2D eigenvalue weighted by atomic mass is 32.2. The van der Waals surface area contributed by atoms with E-state index in [9.17, 15) is 13.5 Å². The summed E-state index contributed by atoms with van der Waals surface area (Å²) in [7, 11) is -3.28. The van der Waals surface area contributed by atoms with Crippen molar-refractivity contribution in [3.8, 4) is 0 Å². The van der Waals surface area contributed by atoms with Crippen LogP contribution in [-0.4, -0.2) is 30.9 Å². The Morgan fingerprint density at radius 2 is 1.88 bits per heavy atom. The predicted octanol–water partition coefficient (Wildman–Crippen LogP) is 1.40. The van der Waals surface area contributed by atoms with Crippen LogP contribution < -0.4 is 4.72 Å². The van der Waals surface area contributed by atoms with Crippen LogP contribution in [0.2, 0.25) is 0 Å². The van der Waals surface area contributed by atoms with Gasteiger partial charge in [-0.3, -0.25) is 0 Å². The van der Waals surface area contributed by atoms with Crippen molar-refractivity contribution in [3.63, 3.8) is 0 Å². The van der Waals surface area contributed by atoms with E-state index in [4.69, 9.17) is 0 Å². The van der Waals surface area contributed by atoms with E-state index in [0.717, 1.165) is 32.1 Å². The molecule has 0 aromatic carbocycles. The second-order valence-corrected chi connectivity index (χ2v) is 6.94. The Balaban J connectivity index is 2.70. The van der Waals surface area contributed by atoms with Gasteiger partial charge < -0.3 is 5.11 Å². The van der Waals surface area contributed by atoms with E-state index in [0.29, 0.717) is 6.42 Å². The number of aliphatic hydroxyl groups excluding tert-OH is 1. The number of aliphatic hydroxyl groups is 1. The molecule has 5 heteroatoms. The van der Waals surface area contributed by atoms with Crippen LogP contribution in [0.5, 0.6) is 0 Å². The second-order valence-electron chi connectivity index (χ2n) is 4.98. The zero-order valence-electron chi connectivity index (χ0n) is 10.2. The van der Waals surface area contributed by atoms with Crippen LogP contribution in [0, 0.1) is 0 Å². The van der Waals surface area contributed by atoms with Crippen LogP contribution in [0.25, 0.3) is 0 Å². The first-order valence-electron chi connectivity index (χ1n) is 6.07. The third kappa shape index (κ3) is 3.43. The maximum Gasteiger partial charge on any atom is 0.215 e. The van der Waals surface area contributed by atoms with E-state index >= 15 is 0 Å². The summed E-state index contributed by atoms with van der Waals surface area (Å²) >= 11 is 0. The molecule has 1 aliphatic carbocycles. The molecule has 0 aliphatic heterocycles. The minimum absolute atomic E-state index is 0.157. The Hall–Kier alpha value is -0.130. The smallest absolute Gasteiger partial charge is 0.215 e. The van der Waals surface area contributed by atoms with E-state index in [1.54, 1.807) is 6.92 Å². The van der Waals surface area contributed by atoms with Gasteiger partial charge in [0.05, 0.1) is 17.4 Å². The minimum atomic E-state index is -3.28.